The Balaban J connectivity index is 1.54. The highest BCUT2D eigenvalue weighted by molar-refractivity contribution is 7.89. The van der Waals surface area contributed by atoms with E-state index in [1.54, 1.807) is 17.0 Å². The van der Waals surface area contributed by atoms with Gasteiger partial charge in [-0.3, -0.25) is 4.79 Å². The maximum atomic E-state index is 12.9. The van der Waals surface area contributed by atoms with Gasteiger partial charge in [-0.2, -0.15) is 4.31 Å². The van der Waals surface area contributed by atoms with Gasteiger partial charge in [0.2, 0.25) is 10.0 Å². The lowest BCUT2D eigenvalue weighted by molar-refractivity contribution is -0.141. The number of sulfonamides is 1. The maximum absolute atomic E-state index is 12.9. The number of morpholine rings is 1. The lowest BCUT2D eigenvalue weighted by Gasteiger charge is -2.31. The summed E-state index contributed by atoms with van der Waals surface area (Å²) in [5.41, 5.74) is 2.03. The van der Waals surface area contributed by atoms with Crippen molar-refractivity contribution in [1.29, 1.82) is 0 Å². The van der Waals surface area contributed by atoms with Crippen molar-refractivity contribution in [1.82, 2.24) is 9.21 Å². The quantitative estimate of drug-likeness (QED) is 0.774. The van der Waals surface area contributed by atoms with Crippen LogP contribution in [0, 0.1) is 0 Å². The SMILES string of the molecule is O=C(C1CCCO1)N1CCc2ccc(S(=O)(=O)N3CCOCC3)cc2C1. The zero-order valence-electron chi connectivity index (χ0n) is 14.7. The largest absolute Gasteiger partial charge is 0.379 e. The van der Waals surface area contributed by atoms with Crippen LogP contribution in [0.4, 0.5) is 0 Å². The number of nitrogens with zero attached hydrogens (tertiary/aromatic N) is 2. The Morgan fingerprint density at radius 1 is 1.08 bits per heavy atom. The summed E-state index contributed by atoms with van der Waals surface area (Å²) < 4.78 is 38.0. The van der Waals surface area contributed by atoms with E-state index in [0.29, 0.717) is 50.9 Å². The van der Waals surface area contributed by atoms with Crippen LogP contribution in [0.3, 0.4) is 0 Å². The van der Waals surface area contributed by atoms with Gasteiger partial charge in [0.1, 0.15) is 6.10 Å². The van der Waals surface area contributed by atoms with E-state index < -0.39 is 10.0 Å². The lowest BCUT2D eigenvalue weighted by atomic mass is 9.99. The first kappa shape index (κ1) is 17.9. The van der Waals surface area contributed by atoms with E-state index in [1.165, 1.54) is 4.31 Å². The minimum absolute atomic E-state index is 0.0228. The van der Waals surface area contributed by atoms with E-state index in [0.717, 1.165) is 30.4 Å². The molecule has 3 aliphatic heterocycles. The lowest BCUT2D eigenvalue weighted by Crippen LogP contribution is -2.42. The molecule has 1 aromatic rings. The van der Waals surface area contributed by atoms with Gasteiger partial charge < -0.3 is 14.4 Å². The van der Waals surface area contributed by atoms with Crippen LogP contribution in [-0.2, 0) is 37.3 Å². The standard InChI is InChI=1S/C18H24N2O5S/c21-18(17-2-1-9-25-17)19-6-5-14-3-4-16(12-15(14)13-19)26(22,23)20-7-10-24-11-8-20/h3-4,12,17H,1-2,5-11,13H2. The van der Waals surface area contributed by atoms with Crippen molar-refractivity contribution in [3.63, 3.8) is 0 Å². The Bertz CT molecular complexity index is 783. The molecule has 8 heteroatoms. The Kier molecular flexibility index (Phi) is 5.00. The van der Waals surface area contributed by atoms with Gasteiger partial charge in [-0.1, -0.05) is 6.07 Å². The molecule has 3 heterocycles. The summed E-state index contributed by atoms with van der Waals surface area (Å²) in [5.74, 6) is 0.0228. The fraction of sp³-hybridized carbons (Fsp3) is 0.611. The molecule has 2 fully saturated rings. The normalized spacial score (nSPS) is 24.5. The second kappa shape index (κ2) is 7.26. The smallest absolute Gasteiger partial charge is 0.252 e. The second-order valence-corrected chi connectivity index (χ2v) is 8.90. The summed E-state index contributed by atoms with van der Waals surface area (Å²) in [4.78, 5) is 14.7. The van der Waals surface area contributed by atoms with Crippen LogP contribution in [0.5, 0.6) is 0 Å². The molecule has 0 spiro atoms. The molecule has 1 unspecified atom stereocenters. The third kappa shape index (κ3) is 3.38. The minimum Gasteiger partial charge on any atom is -0.379 e. The molecule has 0 aromatic heterocycles. The zero-order valence-corrected chi connectivity index (χ0v) is 15.5. The molecular formula is C18H24N2O5S. The second-order valence-electron chi connectivity index (χ2n) is 6.96. The molecule has 0 aliphatic carbocycles. The predicted molar refractivity (Wildman–Crippen MR) is 94.1 cm³/mol. The number of ether oxygens (including phenoxy) is 2. The maximum Gasteiger partial charge on any atom is 0.252 e. The molecule has 4 rings (SSSR count). The van der Waals surface area contributed by atoms with Gasteiger partial charge in [0.25, 0.3) is 5.91 Å². The van der Waals surface area contributed by atoms with Crippen molar-refractivity contribution in [2.24, 2.45) is 0 Å². The highest BCUT2D eigenvalue weighted by atomic mass is 32.2. The fourth-order valence-electron chi connectivity index (χ4n) is 3.79. The molecule has 7 nitrogen and oxygen atoms in total. The van der Waals surface area contributed by atoms with Gasteiger partial charge >= 0.3 is 0 Å². The van der Waals surface area contributed by atoms with Crippen molar-refractivity contribution in [2.75, 3.05) is 39.5 Å². The van der Waals surface area contributed by atoms with Gasteiger partial charge in [0, 0.05) is 32.8 Å². The number of benzene rings is 1. The summed E-state index contributed by atoms with van der Waals surface area (Å²) in [7, 11) is -3.52. The molecule has 3 aliphatic rings. The summed E-state index contributed by atoms with van der Waals surface area (Å²) >= 11 is 0. The third-order valence-corrected chi connectivity index (χ3v) is 7.21. The number of amides is 1. The van der Waals surface area contributed by atoms with Crippen molar-refractivity contribution < 1.29 is 22.7 Å². The molecule has 1 aromatic carbocycles. The van der Waals surface area contributed by atoms with Crippen LogP contribution >= 0.6 is 0 Å². The monoisotopic (exact) mass is 380 g/mol. The number of carbonyl (C=O) groups excluding carboxylic acids is 1. The van der Waals surface area contributed by atoms with E-state index in [2.05, 4.69) is 0 Å². The van der Waals surface area contributed by atoms with E-state index in [4.69, 9.17) is 9.47 Å². The average molecular weight is 380 g/mol. The van der Waals surface area contributed by atoms with Crippen molar-refractivity contribution >= 4 is 15.9 Å². The Labute approximate surface area is 153 Å². The first-order valence-corrected chi connectivity index (χ1v) is 10.6. The summed E-state index contributed by atoms with van der Waals surface area (Å²) in [6.07, 6.45) is 2.10. The number of hydrogen-bond acceptors (Lipinski definition) is 5. The van der Waals surface area contributed by atoms with Crippen LogP contribution in [0.2, 0.25) is 0 Å². The van der Waals surface area contributed by atoms with Crippen molar-refractivity contribution in [3.05, 3.63) is 29.3 Å². The molecule has 0 radical (unpaired) electrons. The molecule has 1 amide bonds. The highest BCUT2D eigenvalue weighted by Gasteiger charge is 2.32. The van der Waals surface area contributed by atoms with Crippen LogP contribution in [0.25, 0.3) is 0 Å². The zero-order chi connectivity index (χ0) is 18.1. The molecule has 26 heavy (non-hydrogen) atoms. The fourth-order valence-corrected chi connectivity index (χ4v) is 5.25. The van der Waals surface area contributed by atoms with E-state index in [1.807, 2.05) is 6.07 Å². The van der Waals surface area contributed by atoms with E-state index >= 15 is 0 Å². The minimum atomic E-state index is -3.52. The molecule has 0 N–H and O–H groups in total. The number of carbonyl (C=O) groups is 1. The van der Waals surface area contributed by atoms with Gasteiger partial charge in [-0.15, -0.1) is 0 Å². The van der Waals surface area contributed by atoms with Gasteiger partial charge in [0.15, 0.2) is 0 Å². The molecule has 0 saturated carbocycles. The predicted octanol–water partition coefficient (Wildman–Crippen LogP) is 0.771. The van der Waals surface area contributed by atoms with Crippen molar-refractivity contribution in [3.8, 4) is 0 Å². The molecule has 1 atom stereocenters. The van der Waals surface area contributed by atoms with Crippen LogP contribution in [-0.4, -0.2) is 69.1 Å². The number of fused-ring (bicyclic) bond motifs is 1. The highest BCUT2D eigenvalue weighted by Crippen LogP contribution is 2.26. The number of hydrogen-bond donors (Lipinski definition) is 0. The molecule has 2 saturated heterocycles. The van der Waals surface area contributed by atoms with Gasteiger partial charge in [-0.05, 0) is 42.5 Å². The van der Waals surface area contributed by atoms with Crippen LogP contribution in [0.15, 0.2) is 23.1 Å². The molecule has 0 bridgehead atoms. The van der Waals surface area contributed by atoms with Crippen LogP contribution in [0.1, 0.15) is 24.0 Å². The first-order chi connectivity index (χ1) is 12.6. The summed E-state index contributed by atoms with van der Waals surface area (Å²) in [6.45, 7) is 3.35. The number of rotatable bonds is 3. The summed E-state index contributed by atoms with van der Waals surface area (Å²) in [5, 5.41) is 0. The third-order valence-electron chi connectivity index (χ3n) is 5.31. The summed E-state index contributed by atoms with van der Waals surface area (Å²) in [6, 6.07) is 5.30. The Morgan fingerprint density at radius 3 is 2.62 bits per heavy atom. The van der Waals surface area contributed by atoms with E-state index in [-0.39, 0.29) is 12.0 Å². The van der Waals surface area contributed by atoms with Gasteiger partial charge in [-0.25, -0.2) is 8.42 Å². The first-order valence-electron chi connectivity index (χ1n) is 9.16. The molecular weight excluding hydrogens is 356 g/mol. The van der Waals surface area contributed by atoms with E-state index in [9.17, 15) is 13.2 Å². The topological polar surface area (TPSA) is 76.2 Å². The van der Waals surface area contributed by atoms with Gasteiger partial charge in [0.05, 0.1) is 18.1 Å². The van der Waals surface area contributed by atoms with Crippen molar-refractivity contribution in [2.45, 2.75) is 36.8 Å². The Hall–Kier alpha value is -1.48. The van der Waals surface area contributed by atoms with Crippen LogP contribution < -0.4 is 0 Å². The Morgan fingerprint density at radius 2 is 1.88 bits per heavy atom. The molecule has 142 valence electrons. The average Bonchev–Trinajstić information content (AvgIpc) is 3.22.